The summed E-state index contributed by atoms with van der Waals surface area (Å²) in [6.45, 7) is 6.98. The topological polar surface area (TPSA) is 55.6 Å². The number of anilines is 2. The molecule has 1 aromatic rings. The van der Waals surface area contributed by atoms with Crippen LogP contribution in [-0.4, -0.2) is 18.1 Å². The lowest BCUT2D eigenvalue weighted by molar-refractivity contribution is -0.136. The van der Waals surface area contributed by atoms with Crippen molar-refractivity contribution in [2.45, 2.75) is 71.3 Å². The van der Waals surface area contributed by atoms with E-state index in [-0.39, 0.29) is 5.91 Å². The fraction of sp³-hybridized carbons (Fsp3) is 0.632. The molecule has 1 aliphatic heterocycles. The maximum Gasteiger partial charge on any atom is 0.271 e. The first-order valence-electron chi connectivity index (χ1n) is 8.98. The molecule has 0 aromatic heterocycles. The summed E-state index contributed by atoms with van der Waals surface area (Å²) in [6.07, 6.45) is 7.24. The van der Waals surface area contributed by atoms with Gasteiger partial charge in [-0.15, -0.1) is 0 Å². The van der Waals surface area contributed by atoms with Crippen LogP contribution in [-0.2, 0) is 4.79 Å². The highest BCUT2D eigenvalue weighted by atomic mass is 16.5. The molecule has 1 heterocycles. The fourth-order valence-corrected chi connectivity index (χ4v) is 3.23. The average Bonchev–Trinajstić information content (AvgIpc) is 2.56. The third-order valence-corrected chi connectivity index (χ3v) is 4.84. The molecule has 23 heavy (non-hydrogen) atoms. The van der Waals surface area contributed by atoms with Gasteiger partial charge in [0.15, 0.2) is 5.60 Å². The van der Waals surface area contributed by atoms with E-state index < -0.39 is 5.60 Å². The number of hydrogen-bond donors (Lipinski definition) is 1. The zero-order chi connectivity index (χ0) is 16.9. The summed E-state index contributed by atoms with van der Waals surface area (Å²) in [5.74, 6) is 0.854. The predicted octanol–water partition coefficient (Wildman–Crippen LogP) is 4.52. The molecule has 0 saturated heterocycles. The van der Waals surface area contributed by atoms with Gasteiger partial charge < -0.3 is 15.4 Å². The third kappa shape index (κ3) is 3.62. The number of benzene rings is 1. The van der Waals surface area contributed by atoms with Crippen molar-refractivity contribution in [3.8, 4) is 5.75 Å². The predicted molar refractivity (Wildman–Crippen MR) is 95.9 cm³/mol. The van der Waals surface area contributed by atoms with Gasteiger partial charge in [-0.25, -0.2) is 0 Å². The van der Waals surface area contributed by atoms with E-state index in [1.807, 2.05) is 36.9 Å². The Morgan fingerprint density at radius 1 is 1.09 bits per heavy atom. The minimum Gasteiger partial charge on any atom is -0.475 e. The van der Waals surface area contributed by atoms with Crippen molar-refractivity contribution in [2.75, 3.05) is 17.2 Å². The molecule has 2 N–H and O–H groups in total. The second-order valence-electron chi connectivity index (χ2n) is 6.40. The van der Waals surface area contributed by atoms with Crippen LogP contribution in [0.4, 0.5) is 11.4 Å². The van der Waals surface area contributed by atoms with Crippen molar-refractivity contribution < 1.29 is 9.53 Å². The largest absolute Gasteiger partial charge is 0.475 e. The van der Waals surface area contributed by atoms with Crippen LogP contribution in [0.3, 0.4) is 0 Å². The van der Waals surface area contributed by atoms with Crippen molar-refractivity contribution >= 4 is 17.3 Å². The number of unbranched alkanes of at least 4 members (excludes halogenated alkanes) is 4. The first-order chi connectivity index (χ1) is 11.1. The van der Waals surface area contributed by atoms with Crippen LogP contribution in [0.15, 0.2) is 18.2 Å². The van der Waals surface area contributed by atoms with Gasteiger partial charge >= 0.3 is 0 Å². The van der Waals surface area contributed by atoms with E-state index in [9.17, 15) is 4.79 Å². The summed E-state index contributed by atoms with van der Waals surface area (Å²) in [5.41, 5.74) is 6.68. The first-order valence-corrected chi connectivity index (χ1v) is 8.98. The molecule has 128 valence electrons. The van der Waals surface area contributed by atoms with Crippen molar-refractivity contribution in [2.24, 2.45) is 0 Å². The van der Waals surface area contributed by atoms with Gasteiger partial charge in [0, 0.05) is 12.2 Å². The molecule has 0 bridgehead atoms. The molecular formula is C19H30N2O2. The van der Waals surface area contributed by atoms with E-state index in [1.54, 1.807) is 0 Å². The molecule has 4 heteroatoms. The molecule has 0 radical (unpaired) electrons. The lowest BCUT2D eigenvalue weighted by atomic mass is 9.92. The third-order valence-electron chi connectivity index (χ3n) is 4.84. The lowest BCUT2D eigenvalue weighted by Gasteiger charge is -2.42. The lowest BCUT2D eigenvalue weighted by Crippen LogP contribution is -2.55. The van der Waals surface area contributed by atoms with Crippen molar-refractivity contribution in [3.63, 3.8) is 0 Å². The highest BCUT2D eigenvalue weighted by Gasteiger charge is 2.45. The summed E-state index contributed by atoms with van der Waals surface area (Å²) < 4.78 is 6.11. The standard InChI is InChI=1S/C19H30N2O2/c1-4-7-8-9-10-13-21-16-14-15(20)11-12-17(16)23-19(5-2,6-3)18(21)22/h11-12,14H,4-10,13,20H2,1-3H3. The number of amides is 1. The normalized spacial score (nSPS) is 16.1. The smallest absolute Gasteiger partial charge is 0.271 e. The monoisotopic (exact) mass is 318 g/mol. The molecule has 0 saturated carbocycles. The van der Waals surface area contributed by atoms with Crippen LogP contribution in [0.2, 0.25) is 0 Å². The van der Waals surface area contributed by atoms with E-state index in [0.29, 0.717) is 18.5 Å². The number of nitrogen functional groups attached to an aromatic ring is 1. The Morgan fingerprint density at radius 2 is 1.78 bits per heavy atom. The number of carbonyl (C=O) groups is 1. The number of fused-ring (bicyclic) bond motifs is 1. The SMILES string of the molecule is CCCCCCCN1C(=O)C(CC)(CC)Oc2ccc(N)cc21. The molecule has 0 fully saturated rings. The molecule has 0 atom stereocenters. The number of carbonyl (C=O) groups excluding carboxylic acids is 1. The Hall–Kier alpha value is -1.71. The average molecular weight is 318 g/mol. The fourth-order valence-electron chi connectivity index (χ4n) is 3.23. The molecular weight excluding hydrogens is 288 g/mol. The maximum atomic E-state index is 13.1. The quantitative estimate of drug-likeness (QED) is 0.566. The molecule has 0 unspecified atom stereocenters. The van der Waals surface area contributed by atoms with Gasteiger partial charge in [0.2, 0.25) is 0 Å². The summed E-state index contributed by atoms with van der Waals surface area (Å²) in [6, 6.07) is 5.58. The maximum absolute atomic E-state index is 13.1. The van der Waals surface area contributed by atoms with Crippen LogP contribution in [0, 0.1) is 0 Å². The number of nitrogens with zero attached hydrogens (tertiary/aromatic N) is 1. The van der Waals surface area contributed by atoms with E-state index in [2.05, 4.69) is 6.92 Å². The number of ether oxygens (including phenoxy) is 1. The summed E-state index contributed by atoms with van der Waals surface area (Å²) in [7, 11) is 0. The van der Waals surface area contributed by atoms with Gasteiger partial charge in [0.1, 0.15) is 5.75 Å². The van der Waals surface area contributed by atoms with E-state index in [0.717, 1.165) is 30.8 Å². The minimum absolute atomic E-state index is 0.0797. The highest BCUT2D eigenvalue weighted by Crippen LogP contribution is 2.41. The summed E-state index contributed by atoms with van der Waals surface area (Å²) in [5, 5.41) is 0. The van der Waals surface area contributed by atoms with E-state index in [4.69, 9.17) is 10.5 Å². The molecule has 0 spiro atoms. The van der Waals surface area contributed by atoms with Gasteiger partial charge in [-0.1, -0.05) is 46.5 Å². The van der Waals surface area contributed by atoms with Crippen molar-refractivity contribution in [1.82, 2.24) is 0 Å². The van der Waals surface area contributed by atoms with Gasteiger partial charge in [0.05, 0.1) is 5.69 Å². The van der Waals surface area contributed by atoms with E-state index >= 15 is 0 Å². The second kappa shape index (κ2) is 7.71. The second-order valence-corrected chi connectivity index (χ2v) is 6.40. The Balaban J connectivity index is 2.22. The number of rotatable bonds is 8. The molecule has 0 aliphatic carbocycles. The van der Waals surface area contributed by atoms with Crippen LogP contribution in [0.25, 0.3) is 0 Å². The summed E-state index contributed by atoms with van der Waals surface area (Å²) in [4.78, 5) is 15.0. The molecule has 1 amide bonds. The minimum atomic E-state index is -0.730. The van der Waals surface area contributed by atoms with Crippen LogP contribution >= 0.6 is 0 Å². The molecule has 4 nitrogen and oxygen atoms in total. The van der Waals surface area contributed by atoms with Crippen LogP contribution in [0.5, 0.6) is 5.75 Å². The van der Waals surface area contributed by atoms with Crippen molar-refractivity contribution in [3.05, 3.63) is 18.2 Å². The molecule has 2 rings (SSSR count). The van der Waals surface area contributed by atoms with Gasteiger partial charge in [-0.2, -0.15) is 0 Å². The zero-order valence-electron chi connectivity index (χ0n) is 14.7. The molecule has 1 aliphatic rings. The van der Waals surface area contributed by atoms with Gasteiger partial charge in [0.25, 0.3) is 5.91 Å². The Morgan fingerprint density at radius 3 is 2.43 bits per heavy atom. The summed E-state index contributed by atoms with van der Waals surface area (Å²) >= 11 is 0. The number of hydrogen-bond acceptors (Lipinski definition) is 3. The Labute approximate surface area is 140 Å². The van der Waals surface area contributed by atoms with Crippen molar-refractivity contribution in [1.29, 1.82) is 0 Å². The first kappa shape index (κ1) is 17.6. The zero-order valence-corrected chi connectivity index (χ0v) is 14.7. The highest BCUT2D eigenvalue weighted by molar-refractivity contribution is 6.03. The Kier molecular flexibility index (Phi) is 5.91. The molecule has 1 aromatic carbocycles. The van der Waals surface area contributed by atoms with Gasteiger partial charge in [-0.05, 0) is 37.5 Å². The van der Waals surface area contributed by atoms with Crippen LogP contribution < -0.4 is 15.4 Å². The van der Waals surface area contributed by atoms with Crippen LogP contribution in [0.1, 0.15) is 65.7 Å². The van der Waals surface area contributed by atoms with Gasteiger partial charge in [-0.3, -0.25) is 4.79 Å². The Bertz CT molecular complexity index is 538. The van der Waals surface area contributed by atoms with E-state index in [1.165, 1.54) is 19.3 Å². The number of nitrogens with two attached hydrogens (primary N) is 1.